The van der Waals surface area contributed by atoms with Gasteiger partial charge in [0.25, 0.3) is 5.56 Å². The summed E-state index contributed by atoms with van der Waals surface area (Å²) in [4.78, 5) is 42.7. The van der Waals surface area contributed by atoms with Crippen LogP contribution >= 0.6 is 11.3 Å². The molecule has 3 heterocycles. The lowest BCUT2D eigenvalue weighted by Crippen LogP contribution is -2.34. The van der Waals surface area contributed by atoms with Gasteiger partial charge in [-0.25, -0.2) is 9.67 Å². The number of benzene rings is 1. The molecule has 4 rings (SSSR count). The van der Waals surface area contributed by atoms with Crippen LogP contribution in [-0.4, -0.2) is 37.8 Å². The Morgan fingerprint density at radius 3 is 2.60 bits per heavy atom. The standard InChI is InChI=1S/C25H27N5O4S/c1-5-19(23(33)27-25-26-17(14-35-25)13-21(32)34-6-2)29-20(31)12-15(3)22-16(4)28-30(24(22)29)18-10-8-7-9-11-18/h7-12,14,19H,5-6,13H2,1-4H3,(H,26,27,33). The molecule has 1 N–H and O–H groups in total. The maximum absolute atomic E-state index is 13.4. The molecule has 0 spiro atoms. The lowest BCUT2D eigenvalue weighted by atomic mass is 10.1. The van der Waals surface area contributed by atoms with Crippen LogP contribution in [0.5, 0.6) is 0 Å². The van der Waals surface area contributed by atoms with Crippen LogP contribution in [0.3, 0.4) is 0 Å². The Bertz CT molecular complexity index is 1440. The maximum Gasteiger partial charge on any atom is 0.311 e. The molecule has 1 amide bonds. The minimum atomic E-state index is -0.790. The van der Waals surface area contributed by atoms with E-state index in [9.17, 15) is 14.4 Å². The molecule has 0 aliphatic rings. The van der Waals surface area contributed by atoms with Gasteiger partial charge in [0.05, 0.1) is 30.1 Å². The number of nitrogens with one attached hydrogen (secondary N) is 1. The number of aromatic nitrogens is 4. The number of fused-ring (bicyclic) bond motifs is 1. The van der Waals surface area contributed by atoms with E-state index >= 15 is 0 Å². The Labute approximate surface area is 206 Å². The quantitative estimate of drug-likeness (QED) is 0.372. The van der Waals surface area contributed by atoms with Crippen LogP contribution < -0.4 is 10.9 Å². The first-order valence-corrected chi connectivity index (χ1v) is 12.3. The Morgan fingerprint density at radius 2 is 1.91 bits per heavy atom. The fourth-order valence-electron chi connectivity index (χ4n) is 4.16. The summed E-state index contributed by atoms with van der Waals surface area (Å²) in [7, 11) is 0. The van der Waals surface area contributed by atoms with E-state index in [0.29, 0.717) is 29.5 Å². The smallest absolute Gasteiger partial charge is 0.311 e. The second-order valence-electron chi connectivity index (χ2n) is 8.11. The van der Waals surface area contributed by atoms with E-state index in [-0.39, 0.29) is 23.9 Å². The molecule has 0 fully saturated rings. The van der Waals surface area contributed by atoms with Gasteiger partial charge in [-0.15, -0.1) is 11.3 Å². The minimum absolute atomic E-state index is 0.0327. The number of hydrogen-bond donors (Lipinski definition) is 1. The van der Waals surface area contributed by atoms with Crippen molar-refractivity contribution in [1.29, 1.82) is 0 Å². The highest BCUT2D eigenvalue weighted by molar-refractivity contribution is 7.13. The summed E-state index contributed by atoms with van der Waals surface area (Å²) in [5.74, 6) is -0.740. The van der Waals surface area contributed by atoms with E-state index in [1.165, 1.54) is 15.9 Å². The average Bonchev–Trinajstić information content (AvgIpc) is 3.40. The summed E-state index contributed by atoms with van der Waals surface area (Å²) < 4.78 is 8.18. The monoisotopic (exact) mass is 493 g/mol. The Hall–Kier alpha value is -3.79. The Morgan fingerprint density at radius 1 is 1.17 bits per heavy atom. The van der Waals surface area contributed by atoms with Gasteiger partial charge in [-0.2, -0.15) is 5.10 Å². The molecule has 0 bridgehead atoms. The minimum Gasteiger partial charge on any atom is -0.466 e. The number of carbonyl (C=O) groups excluding carboxylic acids is 2. The predicted octanol–water partition coefficient (Wildman–Crippen LogP) is 3.96. The zero-order valence-electron chi connectivity index (χ0n) is 20.1. The number of carbonyl (C=O) groups is 2. The lowest BCUT2D eigenvalue weighted by Gasteiger charge is -2.20. The molecule has 1 unspecified atom stereocenters. The first-order valence-electron chi connectivity index (χ1n) is 11.4. The molecule has 3 aromatic heterocycles. The first kappa shape index (κ1) is 24.3. The first-order chi connectivity index (χ1) is 16.8. The molecule has 0 saturated carbocycles. The number of aryl methyl sites for hydroxylation is 2. The number of nitrogens with zero attached hydrogens (tertiary/aromatic N) is 4. The molecular formula is C25H27N5O4S. The third-order valence-corrected chi connectivity index (χ3v) is 6.46. The van der Waals surface area contributed by atoms with Gasteiger partial charge in [0, 0.05) is 16.8 Å². The number of anilines is 1. The van der Waals surface area contributed by atoms with Crippen molar-refractivity contribution in [2.24, 2.45) is 0 Å². The highest BCUT2D eigenvalue weighted by Gasteiger charge is 2.26. The van der Waals surface area contributed by atoms with Crippen molar-refractivity contribution in [3.05, 3.63) is 69.1 Å². The van der Waals surface area contributed by atoms with Crippen molar-refractivity contribution in [1.82, 2.24) is 19.3 Å². The van der Waals surface area contributed by atoms with Crippen molar-refractivity contribution in [2.45, 2.75) is 46.6 Å². The number of para-hydroxylation sites is 1. The number of esters is 1. The maximum atomic E-state index is 13.4. The van der Waals surface area contributed by atoms with Gasteiger partial charge in [-0.1, -0.05) is 25.1 Å². The van der Waals surface area contributed by atoms with Gasteiger partial charge in [-0.05, 0) is 44.9 Å². The third-order valence-electron chi connectivity index (χ3n) is 5.65. The van der Waals surface area contributed by atoms with Crippen molar-refractivity contribution in [3.8, 4) is 5.69 Å². The number of thiazole rings is 1. The highest BCUT2D eigenvalue weighted by atomic mass is 32.1. The molecule has 0 aliphatic carbocycles. The Balaban J connectivity index is 1.73. The number of rotatable bonds is 8. The van der Waals surface area contributed by atoms with Crippen LogP contribution in [0.1, 0.15) is 43.3 Å². The van der Waals surface area contributed by atoms with Gasteiger partial charge in [-0.3, -0.25) is 19.0 Å². The van der Waals surface area contributed by atoms with Gasteiger partial charge in [0.1, 0.15) is 11.7 Å². The normalized spacial score (nSPS) is 12.0. The lowest BCUT2D eigenvalue weighted by molar-refractivity contribution is -0.142. The summed E-state index contributed by atoms with van der Waals surface area (Å²) in [5.41, 5.74) is 3.18. The van der Waals surface area contributed by atoms with E-state index in [4.69, 9.17) is 9.84 Å². The summed E-state index contributed by atoms with van der Waals surface area (Å²) in [5, 5.41) is 10.4. The molecule has 10 heteroatoms. The molecule has 0 aliphatic heterocycles. The van der Waals surface area contributed by atoms with Crippen molar-refractivity contribution in [2.75, 3.05) is 11.9 Å². The number of pyridine rings is 1. The molecule has 1 aromatic carbocycles. The molecule has 35 heavy (non-hydrogen) atoms. The summed E-state index contributed by atoms with van der Waals surface area (Å²) in [6.07, 6.45) is 0.412. The SMILES string of the molecule is CCOC(=O)Cc1csc(NC(=O)C(CC)n2c(=O)cc(C)c3c(C)nn(-c4ccccc4)c32)n1. The van der Waals surface area contributed by atoms with E-state index in [2.05, 4.69) is 10.3 Å². The van der Waals surface area contributed by atoms with Gasteiger partial charge in [0.15, 0.2) is 5.13 Å². The molecule has 0 radical (unpaired) electrons. The van der Waals surface area contributed by atoms with Gasteiger partial charge >= 0.3 is 5.97 Å². The van der Waals surface area contributed by atoms with Crippen molar-refractivity contribution in [3.63, 3.8) is 0 Å². The topological polar surface area (TPSA) is 108 Å². The zero-order valence-corrected chi connectivity index (χ0v) is 20.9. The van der Waals surface area contributed by atoms with Gasteiger partial charge < -0.3 is 10.1 Å². The second-order valence-corrected chi connectivity index (χ2v) is 8.96. The Kier molecular flexibility index (Phi) is 7.11. The van der Waals surface area contributed by atoms with E-state index in [1.807, 2.05) is 51.1 Å². The van der Waals surface area contributed by atoms with Crippen LogP contribution in [0.2, 0.25) is 0 Å². The zero-order chi connectivity index (χ0) is 25.1. The highest BCUT2D eigenvalue weighted by Crippen LogP contribution is 2.27. The van der Waals surface area contributed by atoms with E-state index < -0.39 is 6.04 Å². The van der Waals surface area contributed by atoms with Crippen LogP contribution in [0.4, 0.5) is 5.13 Å². The van der Waals surface area contributed by atoms with Crippen LogP contribution in [-0.2, 0) is 20.7 Å². The average molecular weight is 494 g/mol. The van der Waals surface area contributed by atoms with Crippen molar-refractivity contribution >= 4 is 39.4 Å². The predicted molar refractivity (Wildman–Crippen MR) is 135 cm³/mol. The number of amides is 1. The summed E-state index contributed by atoms with van der Waals surface area (Å²) >= 11 is 1.22. The fourth-order valence-corrected chi connectivity index (χ4v) is 4.87. The molecule has 1 atom stereocenters. The third kappa shape index (κ3) is 4.88. The number of ether oxygens (including phenoxy) is 1. The molecule has 9 nitrogen and oxygen atoms in total. The number of hydrogen-bond acceptors (Lipinski definition) is 7. The van der Waals surface area contributed by atoms with E-state index in [0.717, 1.165) is 22.3 Å². The van der Waals surface area contributed by atoms with Crippen LogP contribution in [0.15, 0.2) is 46.6 Å². The summed E-state index contributed by atoms with van der Waals surface area (Å²) in [6.45, 7) is 7.66. The largest absolute Gasteiger partial charge is 0.466 e. The van der Waals surface area contributed by atoms with E-state index in [1.54, 1.807) is 23.1 Å². The molecule has 0 saturated heterocycles. The molecule has 182 valence electrons. The van der Waals surface area contributed by atoms with Crippen molar-refractivity contribution < 1.29 is 14.3 Å². The fraction of sp³-hybridized carbons (Fsp3) is 0.320. The van der Waals surface area contributed by atoms with Gasteiger partial charge in [0.2, 0.25) is 5.91 Å². The van der Waals surface area contributed by atoms with Crippen LogP contribution in [0, 0.1) is 13.8 Å². The van der Waals surface area contributed by atoms with Crippen LogP contribution in [0.25, 0.3) is 16.7 Å². The molecule has 4 aromatic rings. The summed E-state index contributed by atoms with van der Waals surface area (Å²) in [6, 6.07) is 10.3. The molecular weight excluding hydrogens is 466 g/mol. The second kappa shape index (κ2) is 10.2.